The molecule has 2 saturated heterocycles. The predicted octanol–water partition coefficient (Wildman–Crippen LogP) is 2.62. The molecule has 3 heterocycles. The molecule has 0 spiro atoms. The van der Waals surface area contributed by atoms with E-state index < -0.39 is 0 Å². The van der Waals surface area contributed by atoms with Crippen LogP contribution in [-0.2, 0) is 17.9 Å². The molecule has 0 atom stereocenters. The highest BCUT2D eigenvalue weighted by atomic mass is 19.1. The van der Waals surface area contributed by atoms with Crippen molar-refractivity contribution in [3.8, 4) is 5.75 Å². The molecule has 2 fully saturated rings. The van der Waals surface area contributed by atoms with Crippen LogP contribution in [0.25, 0.3) is 0 Å². The van der Waals surface area contributed by atoms with Crippen LogP contribution in [-0.4, -0.2) is 52.0 Å². The lowest BCUT2D eigenvalue weighted by atomic mass is 9.95. The first-order valence-electron chi connectivity index (χ1n) is 9.88. The lowest BCUT2D eigenvalue weighted by Crippen LogP contribution is -2.41. The molecule has 8 heteroatoms. The Morgan fingerprint density at radius 2 is 1.86 bits per heavy atom. The number of halogens is 1. The Balaban J connectivity index is 1.22. The molecule has 4 rings (SSSR count). The van der Waals surface area contributed by atoms with E-state index in [1.165, 1.54) is 12.1 Å². The van der Waals surface area contributed by atoms with Crippen LogP contribution in [0.2, 0.25) is 0 Å². The first kappa shape index (κ1) is 18.9. The molecular weight excluding hydrogens is 363 g/mol. The molecule has 2 aromatic rings. The molecular formula is C20H25FN4O3. The van der Waals surface area contributed by atoms with Gasteiger partial charge < -0.3 is 14.2 Å². The normalized spacial score (nSPS) is 18.5. The standard InChI is InChI=1S/C20H25FN4O3/c21-16-3-5-17(6-4-16)27-14-18-22-19(28-23-18)13-24-11-7-15(8-12-24)20(26)25-9-1-2-10-25/h3-6,15H,1-2,7-14H2. The number of aromatic nitrogens is 2. The number of piperidine rings is 1. The van der Waals surface area contributed by atoms with E-state index in [1.807, 2.05) is 4.90 Å². The van der Waals surface area contributed by atoms with Gasteiger partial charge in [0.2, 0.25) is 17.6 Å². The number of hydrogen-bond acceptors (Lipinski definition) is 6. The Morgan fingerprint density at radius 1 is 1.14 bits per heavy atom. The summed E-state index contributed by atoms with van der Waals surface area (Å²) in [5, 5.41) is 3.94. The largest absolute Gasteiger partial charge is 0.485 e. The van der Waals surface area contributed by atoms with Gasteiger partial charge in [0.25, 0.3) is 0 Å². The average Bonchev–Trinajstić information content (AvgIpc) is 3.40. The number of benzene rings is 1. The number of carbonyl (C=O) groups is 1. The molecule has 150 valence electrons. The Kier molecular flexibility index (Phi) is 5.85. The summed E-state index contributed by atoms with van der Waals surface area (Å²) in [5.41, 5.74) is 0. The molecule has 1 aromatic carbocycles. The van der Waals surface area contributed by atoms with Gasteiger partial charge in [0.1, 0.15) is 11.6 Å². The summed E-state index contributed by atoms with van der Waals surface area (Å²) in [6, 6.07) is 5.80. The predicted molar refractivity (Wildman–Crippen MR) is 98.8 cm³/mol. The van der Waals surface area contributed by atoms with Crippen molar-refractivity contribution >= 4 is 5.91 Å². The molecule has 2 aliphatic rings. The van der Waals surface area contributed by atoms with Gasteiger partial charge in [-0.25, -0.2) is 4.39 Å². The number of ether oxygens (including phenoxy) is 1. The van der Waals surface area contributed by atoms with Crippen LogP contribution in [0.1, 0.15) is 37.4 Å². The molecule has 1 amide bonds. The van der Waals surface area contributed by atoms with Crippen molar-refractivity contribution in [2.45, 2.75) is 38.8 Å². The van der Waals surface area contributed by atoms with E-state index in [9.17, 15) is 9.18 Å². The average molecular weight is 388 g/mol. The third kappa shape index (κ3) is 4.67. The van der Waals surface area contributed by atoms with Crippen molar-refractivity contribution < 1.29 is 18.4 Å². The zero-order valence-electron chi connectivity index (χ0n) is 15.8. The van der Waals surface area contributed by atoms with Crippen molar-refractivity contribution in [2.75, 3.05) is 26.2 Å². The number of hydrogen-bond donors (Lipinski definition) is 0. The zero-order chi connectivity index (χ0) is 19.3. The summed E-state index contributed by atoms with van der Waals surface area (Å²) in [5.74, 6) is 1.73. The number of rotatable bonds is 6. The molecule has 0 bridgehead atoms. The summed E-state index contributed by atoms with van der Waals surface area (Å²) in [4.78, 5) is 21.1. The first-order valence-corrected chi connectivity index (χ1v) is 9.88. The number of amides is 1. The fourth-order valence-electron chi connectivity index (χ4n) is 3.82. The van der Waals surface area contributed by atoms with Gasteiger partial charge in [-0.3, -0.25) is 9.69 Å². The van der Waals surface area contributed by atoms with Crippen molar-refractivity contribution in [2.24, 2.45) is 5.92 Å². The quantitative estimate of drug-likeness (QED) is 0.758. The molecule has 28 heavy (non-hydrogen) atoms. The van der Waals surface area contributed by atoms with E-state index in [0.717, 1.165) is 51.9 Å². The number of carbonyl (C=O) groups excluding carboxylic acids is 1. The first-order chi connectivity index (χ1) is 13.7. The summed E-state index contributed by atoms with van der Waals surface area (Å²) in [6.07, 6.45) is 4.03. The fraction of sp³-hybridized carbons (Fsp3) is 0.550. The molecule has 2 aliphatic heterocycles. The smallest absolute Gasteiger partial charge is 0.240 e. The second kappa shape index (κ2) is 8.68. The van der Waals surface area contributed by atoms with Gasteiger partial charge in [-0.05, 0) is 63.0 Å². The summed E-state index contributed by atoms with van der Waals surface area (Å²) in [7, 11) is 0. The Hall–Kier alpha value is -2.48. The third-order valence-corrected chi connectivity index (χ3v) is 5.41. The SMILES string of the molecule is O=C(C1CCN(Cc2nc(COc3ccc(F)cc3)no2)CC1)N1CCCC1. The molecule has 0 unspecified atom stereocenters. The van der Waals surface area contributed by atoms with Gasteiger partial charge in [-0.15, -0.1) is 0 Å². The van der Waals surface area contributed by atoms with Gasteiger partial charge in [-0.1, -0.05) is 5.16 Å². The Bertz CT molecular complexity index is 781. The minimum Gasteiger partial charge on any atom is -0.485 e. The van der Waals surface area contributed by atoms with E-state index in [1.54, 1.807) is 12.1 Å². The van der Waals surface area contributed by atoms with E-state index in [0.29, 0.717) is 29.9 Å². The maximum Gasteiger partial charge on any atom is 0.240 e. The highest BCUT2D eigenvalue weighted by molar-refractivity contribution is 5.79. The topological polar surface area (TPSA) is 71.7 Å². The minimum absolute atomic E-state index is 0.150. The maximum atomic E-state index is 12.9. The second-order valence-electron chi connectivity index (χ2n) is 7.43. The zero-order valence-corrected chi connectivity index (χ0v) is 15.8. The minimum atomic E-state index is -0.305. The van der Waals surface area contributed by atoms with Gasteiger partial charge in [0.15, 0.2) is 6.61 Å². The van der Waals surface area contributed by atoms with Crippen LogP contribution in [0.5, 0.6) is 5.75 Å². The monoisotopic (exact) mass is 388 g/mol. The Labute approximate surface area is 163 Å². The summed E-state index contributed by atoms with van der Waals surface area (Å²) < 4.78 is 23.7. The third-order valence-electron chi connectivity index (χ3n) is 5.41. The van der Waals surface area contributed by atoms with Gasteiger partial charge in [0.05, 0.1) is 6.54 Å². The van der Waals surface area contributed by atoms with E-state index in [2.05, 4.69) is 15.0 Å². The summed E-state index contributed by atoms with van der Waals surface area (Å²) in [6.45, 7) is 4.30. The molecule has 0 radical (unpaired) electrons. The van der Waals surface area contributed by atoms with Crippen LogP contribution in [0.15, 0.2) is 28.8 Å². The van der Waals surface area contributed by atoms with Crippen molar-refractivity contribution in [1.29, 1.82) is 0 Å². The second-order valence-corrected chi connectivity index (χ2v) is 7.43. The van der Waals surface area contributed by atoms with Crippen LogP contribution in [0, 0.1) is 11.7 Å². The molecule has 0 saturated carbocycles. The van der Waals surface area contributed by atoms with E-state index in [-0.39, 0.29) is 18.3 Å². The van der Waals surface area contributed by atoms with Crippen molar-refractivity contribution in [3.05, 3.63) is 41.8 Å². The number of nitrogens with zero attached hydrogens (tertiary/aromatic N) is 4. The lowest BCUT2D eigenvalue weighted by Gasteiger charge is -2.32. The highest BCUT2D eigenvalue weighted by Crippen LogP contribution is 2.23. The lowest BCUT2D eigenvalue weighted by molar-refractivity contribution is -0.136. The highest BCUT2D eigenvalue weighted by Gasteiger charge is 2.30. The van der Waals surface area contributed by atoms with Crippen LogP contribution in [0.4, 0.5) is 4.39 Å². The molecule has 1 aromatic heterocycles. The summed E-state index contributed by atoms with van der Waals surface area (Å²) >= 11 is 0. The molecule has 7 nitrogen and oxygen atoms in total. The molecule has 0 aliphatic carbocycles. The maximum absolute atomic E-state index is 12.9. The van der Waals surface area contributed by atoms with Gasteiger partial charge in [0, 0.05) is 19.0 Å². The Morgan fingerprint density at radius 3 is 2.57 bits per heavy atom. The van der Waals surface area contributed by atoms with Gasteiger partial charge >= 0.3 is 0 Å². The van der Waals surface area contributed by atoms with E-state index >= 15 is 0 Å². The fourth-order valence-corrected chi connectivity index (χ4v) is 3.82. The van der Waals surface area contributed by atoms with Crippen molar-refractivity contribution in [1.82, 2.24) is 19.9 Å². The van der Waals surface area contributed by atoms with Crippen LogP contribution < -0.4 is 4.74 Å². The van der Waals surface area contributed by atoms with Crippen LogP contribution in [0.3, 0.4) is 0 Å². The number of likely N-dealkylation sites (tertiary alicyclic amines) is 2. The van der Waals surface area contributed by atoms with Crippen molar-refractivity contribution in [3.63, 3.8) is 0 Å². The van der Waals surface area contributed by atoms with Gasteiger partial charge in [-0.2, -0.15) is 4.98 Å². The molecule has 0 N–H and O–H groups in total. The van der Waals surface area contributed by atoms with Crippen LogP contribution >= 0.6 is 0 Å². The van der Waals surface area contributed by atoms with E-state index in [4.69, 9.17) is 9.26 Å².